The van der Waals surface area contributed by atoms with Crippen LogP contribution in [0.3, 0.4) is 0 Å². The summed E-state index contributed by atoms with van der Waals surface area (Å²) in [6.45, 7) is 0. The summed E-state index contributed by atoms with van der Waals surface area (Å²) in [4.78, 5) is 9.33. The van der Waals surface area contributed by atoms with Crippen LogP contribution in [0.15, 0.2) is 140 Å². The van der Waals surface area contributed by atoms with Gasteiger partial charge in [-0.3, -0.25) is 4.98 Å². The number of nitrogens with zero attached hydrogens (tertiary/aromatic N) is 3. The van der Waals surface area contributed by atoms with Crippen LogP contribution in [0, 0.1) is 11.3 Å². The fourth-order valence-corrected chi connectivity index (χ4v) is 7.46. The summed E-state index contributed by atoms with van der Waals surface area (Å²) in [5.41, 5.74) is 14.1. The first-order valence-electron chi connectivity index (χ1n) is 14.5. The molecule has 2 aliphatic rings. The molecular formula is C40H23N3. The van der Waals surface area contributed by atoms with Crippen molar-refractivity contribution in [1.29, 1.82) is 5.26 Å². The molecule has 2 aromatic heterocycles. The van der Waals surface area contributed by atoms with Crippen molar-refractivity contribution in [1.82, 2.24) is 9.97 Å². The van der Waals surface area contributed by atoms with Crippen molar-refractivity contribution in [2.75, 3.05) is 0 Å². The Morgan fingerprint density at radius 1 is 0.535 bits per heavy atom. The maximum absolute atomic E-state index is 9.40. The summed E-state index contributed by atoms with van der Waals surface area (Å²) in [6.07, 6.45) is 3.34. The first-order valence-corrected chi connectivity index (χ1v) is 14.5. The topological polar surface area (TPSA) is 49.6 Å². The Balaban J connectivity index is 1.34. The fourth-order valence-electron chi connectivity index (χ4n) is 7.46. The molecule has 198 valence electrons. The Morgan fingerprint density at radius 2 is 1.26 bits per heavy atom. The van der Waals surface area contributed by atoms with E-state index in [1.165, 1.54) is 55.3 Å². The molecule has 0 unspecified atom stereocenters. The third kappa shape index (κ3) is 3.18. The predicted molar refractivity (Wildman–Crippen MR) is 171 cm³/mol. The second kappa shape index (κ2) is 8.82. The molecule has 5 aromatic carbocycles. The minimum atomic E-state index is -0.430. The van der Waals surface area contributed by atoms with E-state index in [1.807, 2.05) is 18.2 Å². The predicted octanol–water partition coefficient (Wildman–Crippen LogP) is 9.18. The standard InChI is InChI=1S/C40H23N3/c41-22-25-20-28(24-42-23-25)38-15-7-14-37(43-38)27-16-18-32-36(21-27)40(35-19-17-26-8-1-2-9-29(26)39(32)35)33-12-5-3-10-30(33)31-11-4-6-13-34(31)40/h1-21,23-24H. The summed E-state index contributed by atoms with van der Waals surface area (Å²) in [5, 5.41) is 11.9. The van der Waals surface area contributed by atoms with E-state index < -0.39 is 5.41 Å². The third-order valence-electron chi connectivity index (χ3n) is 9.19. The van der Waals surface area contributed by atoms with Gasteiger partial charge in [0.25, 0.3) is 0 Å². The molecule has 0 bridgehead atoms. The monoisotopic (exact) mass is 545 g/mol. The van der Waals surface area contributed by atoms with Crippen molar-refractivity contribution in [3.63, 3.8) is 0 Å². The summed E-state index contributed by atoms with van der Waals surface area (Å²) < 4.78 is 0. The van der Waals surface area contributed by atoms with Crippen LogP contribution >= 0.6 is 0 Å². The van der Waals surface area contributed by atoms with Crippen molar-refractivity contribution < 1.29 is 0 Å². The molecule has 2 aliphatic carbocycles. The van der Waals surface area contributed by atoms with E-state index in [0.29, 0.717) is 5.56 Å². The molecule has 9 rings (SSSR count). The maximum Gasteiger partial charge on any atom is 0.101 e. The molecular weight excluding hydrogens is 522 g/mol. The molecule has 0 saturated heterocycles. The number of rotatable bonds is 2. The zero-order valence-corrected chi connectivity index (χ0v) is 23.1. The molecule has 2 heterocycles. The highest BCUT2D eigenvalue weighted by molar-refractivity contribution is 6.06. The minimum Gasteiger partial charge on any atom is -0.263 e. The molecule has 0 radical (unpaired) electrons. The largest absolute Gasteiger partial charge is 0.263 e. The van der Waals surface area contributed by atoms with E-state index in [-0.39, 0.29) is 0 Å². The molecule has 1 spiro atoms. The zero-order valence-electron chi connectivity index (χ0n) is 23.1. The Labute approximate surface area is 249 Å². The highest BCUT2D eigenvalue weighted by Crippen LogP contribution is 2.64. The van der Waals surface area contributed by atoms with Gasteiger partial charge in [0, 0.05) is 23.5 Å². The normalized spacial score (nSPS) is 13.3. The van der Waals surface area contributed by atoms with Crippen molar-refractivity contribution >= 4 is 10.8 Å². The lowest BCUT2D eigenvalue weighted by atomic mass is 9.70. The molecule has 0 amide bonds. The van der Waals surface area contributed by atoms with Gasteiger partial charge < -0.3 is 0 Å². The Hall–Kier alpha value is -5.85. The number of pyridine rings is 2. The summed E-state index contributed by atoms with van der Waals surface area (Å²) in [6, 6.07) is 48.1. The van der Waals surface area contributed by atoms with Crippen LogP contribution in [0.5, 0.6) is 0 Å². The molecule has 0 aliphatic heterocycles. The molecule has 7 aromatic rings. The van der Waals surface area contributed by atoms with Gasteiger partial charge in [-0.2, -0.15) is 5.26 Å². The maximum atomic E-state index is 9.40. The number of aromatic nitrogens is 2. The number of hydrogen-bond acceptors (Lipinski definition) is 3. The van der Waals surface area contributed by atoms with Crippen LogP contribution in [-0.4, -0.2) is 9.97 Å². The number of nitriles is 1. The fraction of sp³-hybridized carbons (Fsp3) is 0.0250. The van der Waals surface area contributed by atoms with Crippen molar-refractivity contribution in [3.05, 3.63) is 168 Å². The lowest BCUT2D eigenvalue weighted by Crippen LogP contribution is -2.25. The lowest BCUT2D eigenvalue weighted by molar-refractivity contribution is 0.794. The van der Waals surface area contributed by atoms with Crippen molar-refractivity contribution in [2.45, 2.75) is 5.41 Å². The van der Waals surface area contributed by atoms with Gasteiger partial charge in [-0.05, 0) is 79.5 Å². The van der Waals surface area contributed by atoms with Gasteiger partial charge in [0.2, 0.25) is 0 Å². The van der Waals surface area contributed by atoms with Crippen LogP contribution in [0.2, 0.25) is 0 Å². The Kier molecular flexibility index (Phi) is 4.89. The molecule has 0 N–H and O–H groups in total. The van der Waals surface area contributed by atoms with E-state index >= 15 is 0 Å². The number of fused-ring (bicyclic) bond motifs is 12. The van der Waals surface area contributed by atoms with Crippen LogP contribution in [-0.2, 0) is 5.41 Å². The van der Waals surface area contributed by atoms with Crippen LogP contribution in [0.25, 0.3) is 55.5 Å². The van der Waals surface area contributed by atoms with Gasteiger partial charge in [-0.25, -0.2) is 4.98 Å². The number of benzene rings is 5. The molecule has 43 heavy (non-hydrogen) atoms. The van der Waals surface area contributed by atoms with E-state index in [9.17, 15) is 5.26 Å². The average molecular weight is 546 g/mol. The smallest absolute Gasteiger partial charge is 0.101 e. The highest BCUT2D eigenvalue weighted by Gasteiger charge is 2.52. The zero-order chi connectivity index (χ0) is 28.5. The first-order chi connectivity index (χ1) is 21.3. The SMILES string of the molecule is N#Cc1cncc(-c2cccc(-c3ccc4c(c3)C3(c5ccccc5-c5ccccc53)c3ccc5ccccc5c3-4)n2)c1. The minimum absolute atomic E-state index is 0.430. The summed E-state index contributed by atoms with van der Waals surface area (Å²) >= 11 is 0. The highest BCUT2D eigenvalue weighted by atomic mass is 14.7. The van der Waals surface area contributed by atoms with Gasteiger partial charge in [-0.15, -0.1) is 0 Å². The van der Waals surface area contributed by atoms with Crippen LogP contribution in [0.4, 0.5) is 0 Å². The van der Waals surface area contributed by atoms with Crippen molar-refractivity contribution in [2.24, 2.45) is 0 Å². The molecule has 0 saturated carbocycles. The Bertz CT molecular complexity index is 2280. The first kappa shape index (κ1) is 23.8. The van der Waals surface area contributed by atoms with Gasteiger partial charge in [0.1, 0.15) is 6.07 Å². The van der Waals surface area contributed by atoms with E-state index in [0.717, 1.165) is 22.5 Å². The van der Waals surface area contributed by atoms with Gasteiger partial charge in [0.05, 0.1) is 22.4 Å². The van der Waals surface area contributed by atoms with Gasteiger partial charge in [0.15, 0.2) is 0 Å². The van der Waals surface area contributed by atoms with Gasteiger partial charge in [-0.1, -0.05) is 103 Å². The van der Waals surface area contributed by atoms with Gasteiger partial charge >= 0.3 is 0 Å². The summed E-state index contributed by atoms with van der Waals surface area (Å²) in [7, 11) is 0. The Morgan fingerprint density at radius 3 is 2.05 bits per heavy atom. The van der Waals surface area contributed by atoms with Crippen LogP contribution < -0.4 is 0 Å². The van der Waals surface area contributed by atoms with E-state index in [4.69, 9.17) is 4.98 Å². The molecule has 0 fully saturated rings. The second-order valence-electron chi connectivity index (χ2n) is 11.3. The van der Waals surface area contributed by atoms with E-state index in [2.05, 4.69) is 120 Å². The average Bonchev–Trinajstić information content (AvgIpc) is 3.55. The lowest BCUT2D eigenvalue weighted by Gasteiger charge is -2.30. The second-order valence-corrected chi connectivity index (χ2v) is 11.3. The number of hydrogen-bond donors (Lipinski definition) is 0. The van der Waals surface area contributed by atoms with Crippen molar-refractivity contribution in [3.8, 4) is 50.8 Å². The summed E-state index contributed by atoms with van der Waals surface area (Å²) in [5.74, 6) is 0. The van der Waals surface area contributed by atoms with E-state index in [1.54, 1.807) is 12.4 Å². The molecule has 3 heteroatoms. The quantitative estimate of drug-likeness (QED) is 0.218. The molecule has 0 atom stereocenters. The van der Waals surface area contributed by atoms with Crippen LogP contribution in [0.1, 0.15) is 27.8 Å². The molecule has 3 nitrogen and oxygen atoms in total. The third-order valence-corrected chi connectivity index (χ3v) is 9.19.